The molecule has 0 atom stereocenters. The van der Waals surface area contributed by atoms with Crippen LogP contribution in [0.4, 0.5) is 11.4 Å². The molecule has 0 bridgehead atoms. The Morgan fingerprint density at radius 3 is 2.73 bits per heavy atom. The van der Waals surface area contributed by atoms with Crippen LogP contribution < -0.4 is 16.7 Å². The zero-order valence-electron chi connectivity index (χ0n) is 11.8. The minimum Gasteiger partial charge on any atom is -0.397 e. The van der Waals surface area contributed by atoms with E-state index in [1.165, 1.54) is 9.08 Å². The van der Waals surface area contributed by atoms with E-state index in [0.717, 1.165) is 0 Å². The number of rotatable bonds is 4. The lowest BCUT2D eigenvalue weighted by Gasteiger charge is -2.07. The van der Waals surface area contributed by atoms with Crippen molar-refractivity contribution in [1.82, 2.24) is 14.2 Å². The average molecular weight is 297 g/mol. The molecule has 0 radical (unpaired) electrons. The molecule has 2 heterocycles. The molecule has 0 fully saturated rings. The Balaban J connectivity index is 1.69. The van der Waals surface area contributed by atoms with Crippen molar-refractivity contribution in [3.63, 3.8) is 0 Å². The highest BCUT2D eigenvalue weighted by Gasteiger charge is 2.09. The monoisotopic (exact) mass is 297 g/mol. The average Bonchev–Trinajstić information content (AvgIpc) is 2.84. The van der Waals surface area contributed by atoms with Crippen molar-refractivity contribution in [2.75, 3.05) is 11.1 Å². The lowest BCUT2D eigenvalue weighted by atomic mass is 10.2. The van der Waals surface area contributed by atoms with Gasteiger partial charge in [-0.2, -0.15) is 0 Å². The Labute approximate surface area is 126 Å². The number of fused-ring (bicyclic) bond motifs is 1. The van der Waals surface area contributed by atoms with E-state index < -0.39 is 0 Å². The molecular formula is C15H15N5O2. The molecule has 0 aliphatic rings. The first-order chi connectivity index (χ1) is 10.6. The first-order valence-corrected chi connectivity index (χ1v) is 6.84. The summed E-state index contributed by atoms with van der Waals surface area (Å²) in [5.74, 6) is -0.221. The van der Waals surface area contributed by atoms with Gasteiger partial charge in [-0.15, -0.1) is 5.10 Å². The van der Waals surface area contributed by atoms with E-state index >= 15 is 0 Å². The van der Waals surface area contributed by atoms with Gasteiger partial charge in [0.25, 0.3) is 0 Å². The lowest BCUT2D eigenvalue weighted by molar-refractivity contribution is -0.116. The van der Waals surface area contributed by atoms with Gasteiger partial charge in [-0.25, -0.2) is 9.48 Å². The number of nitrogens with two attached hydrogens (primary N) is 1. The van der Waals surface area contributed by atoms with Crippen LogP contribution in [0.25, 0.3) is 5.65 Å². The number of aryl methyl sites for hydroxylation is 1. The highest BCUT2D eigenvalue weighted by Crippen LogP contribution is 2.16. The molecule has 22 heavy (non-hydrogen) atoms. The van der Waals surface area contributed by atoms with Crippen molar-refractivity contribution in [1.29, 1.82) is 0 Å². The van der Waals surface area contributed by atoms with E-state index in [1.54, 1.807) is 48.7 Å². The molecule has 2 aromatic heterocycles. The number of hydrogen-bond acceptors (Lipinski definition) is 4. The molecular weight excluding hydrogens is 282 g/mol. The standard InChI is InChI=1S/C15H15N5O2/c16-11-5-1-2-6-12(11)17-14(21)8-10-20-15(22)19-9-4-3-7-13(19)18-20/h1-7,9H,8,10,16H2,(H,17,21). The lowest BCUT2D eigenvalue weighted by Crippen LogP contribution is -2.24. The highest BCUT2D eigenvalue weighted by atomic mass is 16.2. The summed E-state index contributed by atoms with van der Waals surface area (Å²) < 4.78 is 2.72. The van der Waals surface area contributed by atoms with Gasteiger partial charge in [-0.05, 0) is 24.3 Å². The van der Waals surface area contributed by atoms with Gasteiger partial charge in [0.15, 0.2) is 5.65 Å². The fourth-order valence-corrected chi connectivity index (χ4v) is 2.14. The molecule has 3 N–H and O–H groups in total. The number of nitrogens with one attached hydrogen (secondary N) is 1. The largest absolute Gasteiger partial charge is 0.397 e. The van der Waals surface area contributed by atoms with Crippen LogP contribution in [-0.4, -0.2) is 20.1 Å². The van der Waals surface area contributed by atoms with Gasteiger partial charge < -0.3 is 11.1 Å². The Morgan fingerprint density at radius 1 is 1.18 bits per heavy atom. The number of anilines is 2. The van der Waals surface area contributed by atoms with E-state index in [1.807, 2.05) is 0 Å². The summed E-state index contributed by atoms with van der Waals surface area (Å²) in [6, 6.07) is 12.3. The molecule has 7 nitrogen and oxygen atoms in total. The first kappa shape index (κ1) is 13.9. The van der Waals surface area contributed by atoms with Gasteiger partial charge in [0.05, 0.1) is 17.9 Å². The minimum absolute atomic E-state index is 0.137. The van der Waals surface area contributed by atoms with Crippen LogP contribution in [0.5, 0.6) is 0 Å². The smallest absolute Gasteiger partial charge is 0.350 e. The third-order valence-electron chi connectivity index (χ3n) is 3.27. The number of hydrogen-bond donors (Lipinski definition) is 2. The number of amides is 1. The number of benzene rings is 1. The second kappa shape index (κ2) is 5.72. The Hall–Kier alpha value is -3.09. The Bertz CT molecular complexity index is 881. The van der Waals surface area contributed by atoms with Crippen LogP contribution >= 0.6 is 0 Å². The molecule has 1 amide bonds. The summed E-state index contributed by atoms with van der Waals surface area (Å²) >= 11 is 0. The van der Waals surface area contributed by atoms with Crippen molar-refractivity contribution < 1.29 is 4.79 Å². The zero-order chi connectivity index (χ0) is 15.5. The number of pyridine rings is 1. The molecule has 0 saturated heterocycles. The first-order valence-electron chi connectivity index (χ1n) is 6.84. The maximum atomic E-state index is 12.1. The van der Waals surface area contributed by atoms with Crippen LogP contribution in [0.3, 0.4) is 0 Å². The van der Waals surface area contributed by atoms with Gasteiger partial charge in [0.2, 0.25) is 5.91 Å². The molecule has 7 heteroatoms. The maximum Gasteiger partial charge on any atom is 0.350 e. The van der Waals surface area contributed by atoms with E-state index in [2.05, 4.69) is 10.4 Å². The van der Waals surface area contributed by atoms with Gasteiger partial charge in [-0.3, -0.25) is 9.20 Å². The van der Waals surface area contributed by atoms with Gasteiger partial charge in [0.1, 0.15) is 0 Å². The fraction of sp³-hybridized carbons (Fsp3) is 0.133. The molecule has 0 saturated carbocycles. The molecule has 3 aromatic rings. The normalized spacial score (nSPS) is 10.7. The minimum atomic E-state index is -0.261. The number of nitrogens with zero attached hydrogens (tertiary/aromatic N) is 3. The van der Waals surface area contributed by atoms with E-state index in [-0.39, 0.29) is 24.6 Å². The number of carbonyl (C=O) groups is 1. The fourth-order valence-electron chi connectivity index (χ4n) is 2.14. The van der Waals surface area contributed by atoms with Crippen LogP contribution in [0, 0.1) is 0 Å². The SMILES string of the molecule is Nc1ccccc1NC(=O)CCn1nc2ccccn2c1=O. The Kier molecular flexibility index (Phi) is 3.61. The van der Waals surface area contributed by atoms with Crippen molar-refractivity contribution in [3.8, 4) is 0 Å². The Morgan fingerprint density at radius 2 is 1.95 bits per heavy atom. The van der Waals surface area contributed by atoms with Gasteiger partial charge >= 0.3 is 5.69 Å². The number of para-hydroxylation sites is 2. The third-order valence-corrected chi connectivity index (χ3v) is 3.27. The number of carbonyl (C=O) groups excluding carboxylic acids is 1. The van der Waals surface area contributed by atoms with Gasteiger partial charge in [0, 0.05) is 12.6 Å². The van der Waals surface area contributed by atoms with Crippen LogP contribution in [0.2, 0.25) is 0 Å². The summed E-state index contributed by atoms with van der Waals surface area (Å²) in [5.41, 5.74) is 7.13. The quantitative estimate of drug-likeness (QED) is 0.705. The zero-order valence-corrected chi connectivity index (χ0v) is 11.8. The highest BCUT2D eigenvalue weighted by molar-refractivity contribution is 5.93. The summed E-state index contributed by atoms with van der Waals surface area (Å²) in [4.78, 5) is 24.0. The van der Waals surface area contributed by atoms with Crippen molar-refractivity contribution in [3.05, 3.63) is 59.1 Å². The van der Waals surface area contributed by atoms with Crippen LogP contribution in [-0.2, 0) is 11.3 Å². The molecule has 3 rings (SSSR count). The molecule has 112 valence electrons. The second-order valence-corrected chi connectivity index (χ2v) is 4.82. The summed E-state index contributed by atoms with van der Waals surface area (Å²) in [5, 5.41) is 6.89. The van der Waals surface area contributed by atoms with Crippen molar-refractivity contribution >= 4 is 22.9 Å². The van der Waals surface area contributed by atoms with Crippen molar-refractivity contribution in [2.24, 2.45) is 0 Å². The molecule has 0 aliphatic heterocycles. The second-order valence-electron chi connectivity index (χ2n) is 4.82. The molecule has 0 spiro atoms. The molecule has 0 aliphatic carbocycles. The van der Waals surface area contributed by atoms with Gasteiger partial charge in [-0.1, -0.05) is 18.2 Å². The predicted octanol–water partition coefficient (Wildman–Crippen LogP) is 1.11. The summed E-state index contributed by atoms with van der Waals surface area (Å²) in [6.45, 7) is 0.207. The maximum absolute atomic E-state index is 12.1. The third kappa shape index (κ3) is 2.69. The number of nitrogen functional groups attached to an aromatic ring is 1. The van der Waals surface area contributed by atoms with E-state index in [9.17, 15) is 9.59 Å². The predicted molar refractivity (Wildman–Crippen MR) is 83.6 cm³/mol. The molecule has 0 unspecified atom stereocenters. The summed E-state index contributed by atoms with van der Waals surface area (Å²) in [6.07, 6.45) is 1.78. The van der Waals surface area contributed by atoms with Crippen LogP contribution in [0.15, 0.2) is 53.5 Å². The molecule has 1 aromatic carbocycles. The number of aromatic nitrogens is 3. The van der Waals surface area contributed by atoms with E-state index in [4.69, 9.17) is 5.73 Å². The van der Waals surface area contributed by atoms with Crippen LogP contribution in [0.1, 0.15) is 6.42 Å². The van der Waals surface area contributed by atoms with E-state index in [0.29, 0.717) is 17.0 Å². The topological polar surface area (TPSA) is 94.4 Å². The van der Waals surface area contributed by atoms with Crippen molar-refractivity contribution in [2.45, 2.75) is 13.0 Å². The summed E-state index contributed by atoms with van der Waals surface area (Å²) in [7, 11) is 0.